The molecule has 0 fully saturated rings. The van der Waals surface area contributed by atoms with Crippen molar-refractivity contribution in [2.45, 2.75) is 4.90 Å². The van der Waals surface area contributed by atoms with E-state index in [0.717, 1.165) is 25.7 Å². The SMILES string of the molecule is O=C1NCN2C=C(Br)C=CC2=C1c1c(Cl)cccc1Cl.O=C1NCN2C=C(Sc3ccccc3)C=CC2=C1c1c(Cl)cccc1Cl.[Pd].c1ccc(P(c2ccccc2)c2ccccc2)cc1.c1ccc(P(c2ccccc2)c2ccccc2)cc1.c1ccc(P(c2ccccc2)c2ccccc2)cc1.c1ccc(P(c2ccccc2)c2ccccc2)cc1. The second-order valence-corrected chi connectivity index (χ2v) is 40.0. The number of hydrogen-bond acceptors (Lipinski definition) is 5. The topological polar surface area (TPSA) is 64.7 Å². The third kappa shape index (κ3) is 24.6. The Hall–Kier alpha value is -10.3. The fourth-order valence-corrected chi connectivity index (χ4v) is 25.5. The van der Waals surface area contributed by atoms with Gasteiger partial charge in [0.25, 0.3) is 11.8 Å². The Morgan fingerprint density at radius 1 is 0.260 bits per heavy atom. The van der Waals surface area contributed by atoms with E-state index < -0.39 is 31.7 Å². The molecule has 0 spiro atoms. The van der Waals surface area contributed by atoms with Gasteiger partial charge in [-0.1, -0.05) is 452 Å². The Morgan fingerprint density at radius 2 is 0.463 bits per heavy atom. The van der Waals surface area contributed by atoms with Gasteiger partial charge in [-0.15, -0.1) is 0 Å². The molecule has 2 amide bonds. The third-order valence-electron chi connectivity index (χ3n) is 19.4. The van der Waals surface area contributed by atoms with Gasteiger partial charge in [-0.25, -0.2) is 0 Å². The molecule has 0 radical (unpaired) electrons. The minimum Gasteiger partial charge on any atom is -0.334 e. The maximum absolute atomic E-state index is 12.6. The van der Waals surface area contributed by atoms with E-state index in [1.165, 1.54) is 63.7 Å². The van der Waals surface area contributed by atoms with Crippen LogP contribution in [-0.2, 0) is 30.0 Å². The van der Waals surface area contributed by atoms with Crippen LogP contribution in [0, 0.1) is 0 Å². The van der Waals surface area contributed by atoms with Crippen LogP contribution in [-0.4, -0.2) is 35.0 Å². The maximum Gasteiger partial charge on any atom is 0.255 e. The minimum atomic E-state index is -0.446. The molecule has 0 aliphatic carbocycles. The average molecular weight is 1930 g/mol. The largest absolute Gasteiger partial charge is 0.334 e. The van der Waals surface area contributed by atoms with Gasteiger partial charge in [-0.05, 0) is 172 Å². The summed E-state index contributed by atoms with van der Waals surface area (Å²) in [4.78, 5) is 31.0. The van der Waals surface area contributed by atoms with Crippen molar-refractivity contribution in [3.63, 3.8) is 0 Å². The van der Waals surface area contributed by atoms with Gasteiger partial charge >= 0.3 is 0 Å². The van der Waals surface area contributed by atoms with Crippen molar-refractivity contribution in [3.05, 3.63) is 519 Å². The second-order valence-electron chi connectivity index (χ2n) is 27.5. The number of rotatable bonds is 16. The maximum atomic E-state index is 12.6. The molecule has 0 atom stereocenters. The summed E-state index contributed by atoms with van der Waals surface area (Å²) in [6.45, 7) is 0.822. The molecule has 0 saturated heterocycles. The van der Waals surface area contributed by atoms with Crippen LogP contribution in [0.15, 0.2) is 493 Å². The number of nitrogens with one attached hydrogen (secondary N) is 2. The molecule has 4 aliphatic heterocycles. The number of halogens is 5. The minimum absolute atomic E-state index is 0. The first-order chi connectivity index (χ1) is 60.0. The molecular formula is C106H83BrCl4N4O2P4PdS. The quantitative estimate of drug-likeness (QED) is 0.0746. The number of hydrogen-bond donors (Lipinski definition) is 2. The molecular weight excluding hydrogens is 1850 g/mol. The fraction of sp³-hybridized carbons (Fsp3) is 0.0189. The molecule has 0 bridgehead atoms. The predicted molar refractivity (Wildman–Crippen MR) is 533 cm³/mol. The zero-order valence-electron chi connectivity index (χ0n) is 66.5. The van der Waals surface area contributed by atoms with Crippen LogP contribution in [0.5, 0.6) is 0 Å². The van der Waals surface area contributed by atoms with Crippen molar-refractivity contribution in [1.29, 1.82) is 0 Å². The summed E-state index contributed by atoms with van der Waals surface area (Å²) < 4.78 is 0.932. The van der Waals surface area contributed by atoms with E-state index in [1.807, 2.05) is 64.7 Å². The van der Waals surface area contributed by atoms with Crippen LogP contribution < -0.4 is 74.3 Å². The number of amides is 2. The first-order valence-corrected chi connectivity index (χ1v) is 48.0. The molecule has 2 N–H and O–H groups in total. The van der Waals surface area contributed by atoms with E-state index in [9.17, 15) is 9.59 Å². The summed E-state index contributed by atoms with van der Waals surface area (Å²) in [5.41, 5.74) is 3.67. The van der Waals surface area contributed by atoms with E-state index in [4.69, 9.17) is 46.4 Å². The summed E-state index contributed by atoms with van der Waals surface area (Å²) in [6.07, 6.45) is 11.6. The Balaban J connectivity index is 0.000000127. The van der Waals surface area contributed by atoms with Gasteiger partial charge in [-0.3, -0.25) is 9.59 Å². The molecule has 0 aromatic heterocycles. The van der Waals surface area contributed by atoms with Gasteiger partial charge in [-0.2, -0.15) is 0 Å². The molecule has 4 heterocycles. The van der Waals surface area contributed by atoms with E-state index in [1.54, 1.807) is 48.2 Å². The molecule has 15 aromatic rings. The Morgan fingerprint density at radius 3 is 0.691 bits per heavy atom. The van der Waals surface area contributed by atoms with Crippen molar-refractivity contribution in [2.24, 2.45) is 0 Å². The monoisotopic (exact) mass is 1920 g/mol. The third-order valence-corrected chi connectivity index (χ3v) is 31.8. The number of thioether (sulfide) groups is 1. The van der Waals surface area contributed by atoms with Crippen molar-refractivity contribution in [3.8, 4) is 0 Å². The molecule has 19 rings (SSSR count). The first-order valence-electron chi connectivity index (χ1n) is 39.5. The summed E-state index contributed by atoms with van der Waals surface area (Å²) in [5.74, 6) is -0.356. The van der Waals surface area contributed by atoms with Gasteiger partial charge in [0.1, 0.15) is 0 Å². The van der Waals surface area contributed by atoms with Crippen LogP contribution in [0.2, 0.25) is 20.1 Å². The fourth-order valence-electron chi connectivity index (χ4n) is 13.8. The van der Waals surface area contributed by atoms with Crippen LogP contribution >= 0.6 is 106 Å². The van der Waals surface area contributed by atoms with E-state index in [0.29, 0.717) is 55.7 Å². The van der Waals surface area contributed by atoms with E-state index >= 15 is 0 Å². The Labute approximate surface area is 773 Å². The second kappa shape index (κ2) is 46.9. The summed E-state index contributed by atoms with van der Waals surface area (Å²) in [5, 5.41) is 24.3. The number of carbonyl (C=O) groups is 2. The van der Waals surface area contributed by atoms with Crippen molar-refractivity contribution in [1.82, 2.24) is 20.4 Å². The van der Waals surface area contributed by atoms with Gasteiger partial charge < -0.3 is 20.4 Å². The normalized spacial score (nSPS) is 12.9. The smallest absolute Gasteiger partial charge is 0.255 e. The van der Waals surface area contributed by atoms with Crippen molar-refractivity contribution >= 4 is 192 Å². The van der Waals surface area contributed by atoms with Crippen LogP contribution in [0.25, 0.3) is 11.1 Å². The molecule has 610 valence electrons. The van der Waals surface area contributed by atoms with E-state index in [2.05, 4.69) is 403 Å². The zero-order valence-corrected chi connectivity index (χ0v) is 77.0. The number of allylic oxidation sites excluding steroid dienone is 5. The number of nitrogens with zero attached hydrogens (tertiary/aromatic N) is 2. The number of carbonyl (C=O) groups excluding carboxylic acids is 2. The van der Waals surface area contributed by atoms with Crippen LogP contribution in [0.1, 0.15) is 11.1 Å². The molecule has 123 heavy (non-hydrogen) atoms. The first kappa shape index (κ1) is 90.4. The average Bonchev–Trinajstić information content (AvgIpc) is 0.779. The Kier molecular flexibility index (Phi) is 34.5. The van der Waals surface area contributed by atoms with Crippen molar-refractivity contribution in [2.75, 3.05) is 13.3 Å². The molecule has 6 nitrogen and oxygen atoms in total. The summed E-state index contributed by atoms with van der Waals surface area (Å²) in [6, 6.07) is 150. The molecule has 0 saturated carbocycles. The van der Waals surface area contributed by atoms with Gasteiger partial charge in [0.15, 0.2) is 0 Å². The van der Waals surface area contributed by atoms with Crippen molar-refractivity contribution < 1.29 is 30.0 Å². The standard InChI is InChI=1S/C20H14Cl2N2OS.4C18H15P.C14H9BrCl2N2O.Pd/c21-15-7-4-8-16(22)18(15)19-17-10-9-14(11-24(17)12-23-20(19)25)26-13-5-2-1-3-6-13;4*1-4-10-16(11-5-1)19(17-12-6-2-7-13-17)18-14-8-3-9-15-18;15-8-4-5-11-13(14(20)18-7-19(11)6-8)12-9(16)2-1-3-10(12)17;/h1-11H,12H2,(H,23,25);4*1-15H;1-6H,7H2,(H,18,20);. The van der Waals surface area contributed by atoms with Gasteiger partial charge in [0.2, 0.25) is 0 Å². The van der Waals surface area contributed by atoms with Gasteiger partial charge in [0.05, 0.1) is 56.0 Å². The summed E-state index contributed by atoms with van der Waals surface area (Å²) in [7, 11) is -1.78. The molecule has 17 heteroatoms. The van der Waals surface area contributed by atoms with Crippen LogP contribution in [0.4, 0.5) is 0 Å². The van der Waals surface area contributed by atoms with Crippen LogP contribution in [0.3, 0.4) is 0 Å². The summed E-state index contributed by atoms with van der Waals surface area (Å²) >= 11 is 30.2. The number of fused-ring (bicyclic) bond motifs is 2. The molecule has 0 unspecified atom stereocenters. The molecule has 15 aromatic carbocycles. The zero-order chi connectivity index (χ0) is 84.0. The van der Waals surface area contributed by atoms with E-state index in [-0.39, 0.29) is 32.2 Å². The predicted octanol–water partition coefficient (Wildman–Crippen LogP) is 23.0. The number of benzene rings is 15. The van der Waals surface area contributed by atoms with Gasteiger partial charge in [0, 0.05) is 58.2 Å². The molecule has 4 aliphatic rings. The Bertz CT molecular complexity index is 5210.